The lowest BCUT2D eigenvalue weighted by Crippen LogP contribution is -1.86. The summed E-state index contributed by atoms with van der Waals surface area (Å²) in [7, 11) is 0. The molecule has 2 N–H and O–H groups in total. The van der Waals surface area contributed by atoms with Crippen LogP contribution >= 0.6 is 11.7 Å². The molecule has 2 rings (SSSR count). The Morgan fingerprint density at radius 2 is 2.30 bits per heavy atom. The van der Waals surface area contributed by atoms with Gasteiger partial charge in [-0.2, -0.15) is 8.75 Å². The molecule has 0 aliphatic carbocycles. The van der Waals surface area contributed by atoms with Gasteiger partial charge < -0.3 is 5.73 Å². The number of nitrogen functional groups attached to an aromatic ring is 1. The van der Waals surface area contributed by atoms with Gasteiger partial charge in [-0.25, -0.2) is 4.98 Å². The molecule has 10 heavy (non-hydrogen) atoms. The van der Waals surface area contributed by atoms with E-state index in [-0.39, 0.29) is 0 Å². The van der Waals surface area contributed by atoms with Gasteiger partial charge in [-0.05, 0) is 6.07 Å². The quantitative estimate of drug-likeness (QED) is 0.602. The van der Waals surface area contributed by atoms with Crippen molar-refractivity contribution in [2.45, 2.75) is 0 Å². The highest BCUT2D eigenvalue weighted by Gasteiger charge is 2.00. The third kappa shape index (κ3) is 0.640. The van der Waals surface area contributed by atoms with Gasteiger partial charge in [0.15, 0.2) is 5.65 Å². The highest BCUT2D eigenvalue weighted by atomic mass is 32.1. The first-order valence-electron chi connectivity index (χ1n) is 2.70. The number of anilines is 1. The van der Waals surface area contributed by atoms with Crippen molar-refractivity contribution in [1.29, 1.82) is 0 Å². The maximum atomic E-state index is 5.56. The third-order valence-corrected chi connectivity index (χ3v) is 1.71. The zero-order valence-electron chi connectivity index (χ0n) is 4.98. The molecule has 2 aromatic rings. The molecular formula is C5H4N4S. The summed E-state index contributed by atoms with van der Waals surface area (Å²) in [4.78, 5) is 3.96. The Morgan fingerprint density at radius 1 is 1.40 bits per heavy atom. The van der Waals surface area contributed by atoms with Crippen molar-refractivity contribution in [3.8, 4) is 0 Å². The summed E-state index contributed by atoms with van der Waals surface area (Å²) in [6.45, 7) is 0. The van der Waals surface area contributed by atoms with Crippen LogP contribution in [0.1, 0.15) is 0 Å². The molecule has 0 saturated heterocycles. The Balaban J connectivity index is 2.95. The largest absolute Gasteiger partial charge is 0.397 e. The fourth-order valence-electron chi connectivity index (χ4n) is 0.718. The Labute approximate surface area is 61.0 Å². The standard InChI is InChI=1S/C5H4N4S/c6-3-1-2-7-5-4(3)8-10-9-5/h1-2H,6H2. The van der Waals surface area contributed by atoms with Crippen LogP contribution in [0.5, 0.6) is 0 Å². The van der Waals surface area contributed by atoms with E-state index in [1.54, 1.807) is 12.3 Å². The molecule has 0 fully saturated rings. The lowest BCUT2D eigenvalue weighted by Gasteiger charge is -1.88. The minimum atomic E-state index is 0.630. The van der Waals surface area contributed by atoms with Crippen LogP contribution in [0.2, 0.25) is 0 Å². The molecule has 0 unspecified atom stereocenters. The maximum absolute atomic E-state index is 5.56. The zero-order valence-corrected chi connectivity index (χ0v) is 5.80. The van der Waals surface area contributed by atoms with Gasteiger partial charge in [0.2, 0.25) is 0 Å². The summed E-state index contributed by atoms with van der Waals surface area (Å²) in [5.74, 6) is 0. The first-order chi connectivity index (χ1) is 4.88. The van der Waals surface area contributed by atoms with Crippen LogP contribution in [0.25, 0.3) is 11.2 Å². The van der Waals surface area contributed by atoms with E-state index in [2.05, 4.69) is 13.7 Å². The molecule has 0 saturated carbocycles. The fraction of sp³-hybridized carbons (Fsp3) is 0. The molecule has 5 heteroatoms. The normalized spacial score (nSPS) is 10.4. The summed E-state index contributed by atoms with van der Waals surface area (Å²) in [6, 6.07) is 1.71. The summed E-state index contributed by atoms with van der Waals surface area (Å²) in [5.41, 5.74) is 7.53. The van der Waals surface area contributed by atoms with Gasteiger partial charge in [0.1, 0.15) is 5.52 Å². The number of nitrogens with two attached hydrogens (primary N) is 1. The van der Waals surface area contributed by atoms with Gasteiger partial charge in [0.05, 0.1) is 17.4 Å². The van der Waals surface area contributed by atoms with E-state index in [4.69, 9.17) is 5.73 Å². The van der Waals surface area contributed by atoms with Gasteiger partial charge in [0, 0.05) is 6.20 Å². The second-order valence-corrected chi connectivity index (χ2v) is 2.37. The van der Waals surface area contributed by atoms with Crippen LogP contribution in [0.4, 0.5) is 5.69 Å². The van der Waals surface area contributed by atoms with Gasteiger partial charge in [-0.1, -0.05) is 0 Å². The average Bonchev–Trinajstić information content (AvgIpc) is 2.36. The molecule has 50 valence electrons. The first-order valence-corrected chi connectivity index (χ1v) is 3.44. The molecule has 2 heterocycles. The second kappa shape index (κ2) is 1.88. The average molecular weight is 152 g/mol. The molecule has 0 aliphatic rings. The topological polar surface area (TPSA) is 64.7 Å². The first kappa shape index (κ1) is 5.55. The van der Waals surface area contributed by atoms with Crippen LogP contribution in [0.3, 0.4) is 0 Å². The van der Waals surface area contributed by atoms with Crippen molar-refractivity contribution in [1.82, 2.24) is 13.7 Å². The molecule has 0 radical (unpaired) electrons. The Hall–Kier alpha value is -1.23. The highest BCUT2D eigenvalue weighted by molar-refractivity contribution is 7.00. The number of aromatic nitrogens is 3. The lowest BCUT2D eigenvalue weighted by molar-refractivity contribution is 1.37. The highest BCUT2D eigenvalue weighted by Crippen LogP contribution is 2.14. The Morgan fingerprint density at radius 3 is 3.10 bits per heavy atom. The van der Waals surface area contributed by atoms with E-state index in [1.165, 1.54) is 0 Å². The molecule has 0 amide bonds. The molecule has 4 nitrogen and oxygen atoms in total. The minimum absolute atomic E-state index is 0.630. The van der Waals surface area contributed by atoms with Crippen LogP contribution in [-0.2, 0) is 0 Å². The van der Waals surface area contributed by atoms with Crippen molar-refractivity contribution in [2.75, 3.05) is 5.73 Å². The van der Waals surface area contributed by atoms with Crippen LogP contribution in [0.15, 0.2) is 12.3 Å². The van der Waals surface area contributed by atoms with Crippen molar-refractivity contribution in [3.63, 3.8) is 0 Å². The predicted molar refractivity (Wildman–Crippen MR) is 39.6 cm³/mol. The van der Waals surface area contributed by atoms with Gasteiger partial charge in [-0.15, -0.1) is 0 Å². The minimum Gasteiger partial charge on any atom is -0.397 e. The van der Waals surface area contributed by atoms with Crippen LogP contribution in [-0.4, -0.2) is 13.7 Å². The van der Waals surface area contributed by atoms with Gasteiger partial charge in [0.25, 0.3) is 0 Å². The van der Waals surface area contributed by atoms with E-state index in [9.17, 15) is 0 Å². The summed E-state index contributed by atoms with van der Waals surface area (Å²) in [5, 5.41) is 0. The number of rotatable bonds is 0. The maximum Gasteiger partial charge on any atom is 0.195 e. The van der Waals surface area contributed by atoms with E-state index < -0.39 is 0 Å². The monoisotopic (exact) mass is 152 g/mol. The molecule has 0 aromatic carbocycles. The van der Waals surface area contributed by atoms with E-state index in [0.29, 0.717) is 16.9 Å². The number of hydrogen-bond donors (Lipinski definition) is 1. The molecule has 0 aliphatic heterocycles. The fourth-order valence-corrected chi connectivity index (χ4v) is 1.24. The lowest BCUT2D eigenvalue weighted by atomic mass is 10.4. The molecule has 0 atom stereocenters. The molecule has 0 bridgehead atoms. The Bertz CT molecular complexity index is 355. The van der Waals surface area contributed by atoms with Crippen molar-refractivity contribution in [2.24, 2.45) is 0 Å². The van der Waals surface area contributed by atoms with Gasteiger partial charge in [-0.3, -0.25) is 0 Å². The number of hydrogen-bond acceptors (Lipinski definition) is 5. The smallest absolute Gasteiger partial charge is 0.195 e. The summed E-state index contributed by atoms with van der Waals surface area (Å²) < 4.78 is 7.88. The van der Waals surface area contributed by atoms with Crippen molar-refractivity contribution < 1.29 is 0 Å². The second-order valence-electron chi connectivity index (χ2n) is 1.84. The van der Waals surface area contributed by atoms with Gasteiger partial charge >= 0.3 is 0 Å². The van der Waals surface area contributed by atoms with E-state index in [0.717, 1.165) is 11.7 Å². The van der Waals surface area contributed by atoms with E-state index >= 15 is 0 Å². The molecule has 2 aromatic heterocycles. The predicted octanol–water partition coefficient (Wildman–Crippen LogP) is 0.669. The zero-order chi connectivity index (χ0) is 6.97. The van der Waals surface area contributed by atoms with E-state index in [1.807, 2.05) is 0 Å². The van der Waals surface area contributed by atoms with Crippen molar-refractivity contribution in [3.05, 3.63) is 12.3 Å². The number of fused-ring (bicyclic) bond motifs is 1. The number of pyridine rings is 1. The van der Waals surface area contributed by atoms with Crippen LogP contribution in [0, 0.1) is 0 Å². The third-order valence-electron chi connectivity index (χ3n) is 1.20. The van der Waals surface area contributed by atoms with Crippen molar-refractivity contribution >= 4 is 28.6 Å². The number of nitrogens with zero attached hydrogens (tertiary/aromatic N) is 3. The SMILES string of the molecule is Nc1ccnc2nsnc12. The summed E-state index contributed by atoms with van der Waals surface area (Å²) >= 11 is 1.12. The molecule has 0 spiro atoms. The molecular weight excluding hydrogens is 148 g/mol. The Kier molecular flexibility index (Phi) is 1.04. The summed E-state index contributed by atoms with van der Waals surface area (Å²) in [6.07, 6.45) is 1.62. The van der Waals surface area contributed by atoms with Crippen LogP contribution < -0.4 is 5.73 Å².